The average Bonchev–Trinajstić information content (AvgIpc) is 3.30. The zero-order valence-corrected chi connectivity index (χ0v) is 16.4. The fourth-order valence-electron chi connectivity index (χ4n) is 4.82. The van der Waals surface area contributed by atoms with Gasteiger partial charge in [0.15, 0.2) is 0 Å². The zero-order chi connectivity index (χ0) is 19.7. The fourth-order valence-corrected chi connectivity index (χ4v) is 4.82. The number of nitrogens with zero attached hydrogens (tertiary/aromatic N) is 3. The van der Waals surface area contributed by atoms with E-state index < -0.39 is 5.54 Å². The van der Waals surface area contributed by atoms with Crippen LogP contribution in [0.15, 0.2) is 24.3 Å². The second-order valence-corrected chi connectivity index (χ2v) is 8.08. The quantitative estimate of drug-likeness (QED) is 0.810. The Hall–Kier alpha value is -2.57. The molecule has 4 rings (SSSR count). The average molecular weight is 384 g/mol. The molecule has 28 heavy (non-hydrogen) atoms. The van der Waals surface area contributed by atoms with Gasteiger partial charge in [0.05, 0.1) is 11.4 Å². The molecule has 0 aromatic heterocycles. The second kappa shape index (κ2) is 7.45. The van der Waals surface area contributed by atoms with Crippen molar-refractivity contribution in [3.8, 4) is 0 Å². The number of hydrogen-bond donors (Lipinski definition) is 1. The number of amides is 4. The number of carbonyl (C=O) groups excluding carboxylic acids is 3. The van der Waals surface area contributed by atoms with Gasteiger partial charge in [-0.2, -0.15) is 0 Å². The third-order valence-electron chi connectivity index (χ3n) is 6.41. The summed E-state index contributed by atoms with van der Waals surface area (Å²) in [6.45, 7) is 1.71. The van der Waals surface area contributed by atoms with Crippen LogP contribution < -0.4 is 10.2 Å². The van der Waals surface area contributed by atoms with E-state index in [2.05, 4.69) is 10.2 Å². The maximum Gasteiger partial charge on any atom is 0.327 e. The van der Waals surface area contributed by atoms with E-state index in [0.717, 1.165) is 61.5 Å². The van der Waals surface area contributed by atoms with E-state index in [1.165, 1.54) is 0 Å². The fraction of sp³-hybridized carbons (Fsp3) is 0.571. The molecule has 2 heterocycles. The molecule has 150 valence electrons. The van der Waals surface area contributed by atoms with Gasteiger partial charge in [-0.05, 0) is 37.8 Å². The summed E-state index contributed by atoms with van der Waals surface area (Å²) < 4.78 is 0. The van der Waals surface area contributed by atoms with Crippen LogP contribution in [-0.2, 0) is 9.59 Å². The number of carbonyl (C=O) groups is 3. The van der Waals surface area contributed by atoms with Crippen molar-refractivity contribution < 1.29 is 14.4 Å². The minimum Gasteiger partial charge on any atom is -0.370 e. The van der Waals surface area contributed by atoms with Crippen LogP contribution in [0.2, 0.25) is 0 Å². The van der Waals surface area contributed by atoms with E-state index in [0.29, 0.717) is 12.8 Å². The van der Waals surface area contributed by atoms with Crippen LogP contribution in [0.1, 0.15) is 44.9 Å². The summed E-state index contributed by atoms with van der Waals surface area (Å²) in [6.07, 6.45) is 6.62. The first-order chi connectivity index (χ1) is 13.5. The Bertz CT molecular complexity index is 782. The van der Waals surface area contributed by atoms with Crippen molar-refractivity contribution in [3.05, 3.63) is 24.3 Å². The Morgan fingerprint density at radius 2 is 1.71 bits per heavy atom. The predicted octanol–water partition coefficient (Wildman–Crippen LogP) is 2.82. The first-order valence-electron chi connectivity index (χ1n) is 10.3. The molecule has 0 bridgehead atoms. The predicted molar refractivity (Wildman–Crippen MR) is 107 cm³/mol. The number of imide groups is 1. The lowest BCUT2D eigenvalue weighted by atomic mass is 9.81. The molecule has 1 aromatic rings. The normalized spacial score (nSPS) is 21.7. The molecule has 0 atom stereocenters. The van der Waals surface area contributed by atoms with Crippen LogP contribution in [0.3, 0.4) is 0 Å². The lowest BCUT2D eigenvalue weighted by Gasteiger charge is -2.35. The SMILES string of the molecule is CN1C(=O)N(CC(=O)Nc2ccccc2N2CCCC2)C(=O)C12CCCCC2. The number of hydrogen-bond acceptors (Lipinski definition) is 4. The topological polar surface area (TPSA) is 73.0 Å². The first kappa shape index (κ1) is 18.8. The van der Waals surface area contributed by atoms with Crippen LogP contribution in [0.4, 0.5) is 16.2 Å². The Morgan fingerprint density at radius 3 is 2.43 bits per heavy atom. The van der Waals surface area contributed by atoms with Crippen molar-refractivity contribution in [3.63, 3.8) is 0 Å². The molecule has 1 spiro atoms. The van der Waals surface area contributed by atoms with E-state index in [1.807, 2.05) is 24.3 Å². The largest absolute Gasteiger partial charge is 0.370 e. The molecule has 3 aliphatic rings. The molecule has 1 aromatic carbocycles. The lowest BCUT2D eigenvalue weighted by molar-refractivity contribution is -0.136. The van der Waals surface area contributed by atoms with E-state index in [4.69, 9.17) is 0 Å². The van der Waals surface area contributed by atoms with Crippen molar-refractivity contribution in [2.45, 2.75) is 50.5 Å². The Kier molecular flexibility index (Phi) is 5.00. The maximum absolute atomic E-state index is 13.0. The van der Waals surface area contributed by atoms with Crippen molar-refractivity contribution in [2.75, 3.05) is 36.9 Å². The van der Waals surface area contributed by atoms with Gasteiger partial charge in [0.2, 0.25) is 5.91 Å². The van der Waals surface area contributed by atoms with Gasteiger partial charge in [-0.3, -0.25) is 14.5 Å². The summed E-state index contributed by atoms with van der Waals surface area (Å²) >= 11 is 0. The van der Waals surface area contributed by atoms with E-state index >= 15 is 0 Å². The highest BCUT2D eigenvalue weighted by atomic mass is 16.2. The number of urea groups is 1. The number of nitrogens with one attached hydrogen (secondary N) is 1. The highest BCUT2D eigenvalue weighted by molar-refractivity contribution is 6.10. The van der Waals surface area contributed by atoms with Crippen LogP contribution in [0, 0.1) is 0 Å². The van der Waals surface area contributed by atoms with Crippen LogP contribution >= 0.6 is 0 Å². The van der Waals surface area contributed by atoms with Crippen molar-refractivity contribution in [1.29, 1.82) is 0 Å². The summed E-state index contributed by atoms with van der Waals surface area (Å²) in [6, 6.07) is 7.34. The highest BCUT2D eigenvalue weighted by Gasteiger charge is 2.55. The number of para-hydroxylation sites is 2. The summed E-state index contributed by atoms with van der Waals surface area (Å²) in [4.78, 5) is 43.4. The van der Waals surface area contributed by atoms with Crippen LogP contribution in [-0.4, -0.2) is 59.9 Å². The molecule has 1 saturated carbocycles. The molecule has 1 N–H and O–H groups in total. The van der Waals surface area contributed by atoms with Crippen molar-refractivity contribution in [2.24, 2.45) is 0 Å². The summed E-state index contributed by atoms with van der Waals surface area (Å²) in [5, 5.41) is 2.92. The van der Waals surface area contributed by atoms with Gasteiger partial charge in [-0.15, -0.1) is 0 Å². The molecule has 4 amide bonds. The molecule has 0 radical (unpaired) electrons. The number of anilines is 2. The summed E-state index contributed by atoms with van der Waals surface area (Å²) in [7, 11) is 1.69. The molecule has 1 aliphatic carbocycles. The van der Waals surface area contributed by atoms with Crippen molar-refractivity contribution >= 4 is 29.2 Å². The van der Waals surface area contributed by atoms with Gasteiger partial charge in [0.1, 0.15) is 12.1 Å². The number of benzene rings is 1. The van der Waals surface area contributed by atoms with Gasteiger partial charge < -0.3 is 15.1 Å². The van der Waals surface area contributed by atoms with E-state index in [9.17, 15) is 14.4 Å². The highest BCUT2D eigenvalue weighted by Crippen LogP contribution is 2.39. The van der Waals surface area contributed by atoms with Crippen molar-refractivity contribution in [1.82, 2.24) is 9.80 Å². The summed E-state index contributed by atoms with van der Waals surface area (Å²) in [5.41, 5.74) is 0.978. The molecule has 0 unspecified atom stereocenters. The minimum absolute atomic E-state index is 0.220. The molecule has 3 fully saturated rings. The van der Waals surface area contributed by atoms with Gasteiger partial charge in [0, 0.05) is 20.1 Å². The van der Waals surface area contributed by atoms with Gasteiger partial charge >= 0.3 is 6.03 Å². The standard InChI is InChI=1S/C21H28N4O3/c1-23-20(28)25(19(27)21(23)11-5-2-6-12-21)15-18(26)22-16-9-3-4-10-17(16)24-13-7-8-14-24/h3-4,9-10H,2,5-8,11-15H2,1H3,(H,22,26). The minimum atomic E-state index is -0.747. The number of rotatable bonds is 4. The van der Waals surface area contributed by atoms with E-state index in [1.54, 1.807) is 11.9 Å². The van der Waals surface area contributed by atoms with Gasteiger partial charge in [-0.25, -0.2) is 4.79 Å². The van der Waals surface area contributed by atoms with Crippen LogP contribution in [0.25, 0.3) is 0 Å². The smallest absolute Gasteiger partial charge is 0.327 e. The Morgan fingerprint density at radius 1 is 1.04 bits per heavy atom. The van der Waals surface area contributed by atoms with E-state index in [-0.39, 0.29) is 24.4 Å². The maximum atomic E-state index is 13.0. The monoisotopic (exact) mass is 384 g/mol. The first-order valence-corrected chi connectivity index (χ1v) is 10.3. The molecule has 7 nitrogen and oxygen atoms in total. The zero-order valence-electron chi connectivity index (χ0n) is 16.4. The second-order valence-electron chi connectivity index (χ2n) is 8.08. The molecule has 7 heteroatoms. The molecule has 2 saturated heterocycles. The third kappa shape index (κ3) is 3.12. The number of likely N-dealkylation sites (N-methyl/N-ethyl adjacent to an activating group) is 1. The molecular formula is C21H28N4O3. The van der Waals surface area contributed by atoms with Gasteiger partial charge in [-0.1, -0.05) is 31.4 Å². The van der Waals surface area contributed by atoms with Crippen LogP contribution in [0.5, 0.6) is 0 Å². The molecular weight excluding hydrogens is 356 g/mol. The Labute approximate surface area is 165 Å². The third-order valence-corrected chi connectivity index (χ3v) is 6.41. The van der Waals surface area contributed by atoms with Gasteiger partial charge in [0.25, 0.3) is 5.91 Å². The summed E-state index contributed by atoms with van der Waals surface area (Å²) in [5.74, 6) is -0.558. The Balaban J connectivity index is 1.47. The lowest BCUT2D eigenvalue weighted by Crippen LogP contribution is -2.49. The molecule has 2 aliphatic heterocycles.